The Hall–Kier alpha value is -2.37. The lowest BCUT2D eigenvalue weighted by Gasteiger charge is -2.12. The van der Waals surface area contributed by atoms with Crippen LogP contribution in [0.25, 0.3) is 11.0 Å². The summed E-state index contributed by atoms with van der Waals surface area (Å²) >= 11 is 0. The Morgan fingerprint density at radius 3 is 2.85 bits per heavy atom. The number of carbonyl (C=O) groups is 2. The molecule has 0 saturated carbocycles. The fraction of sp³-hybridized carbons (Fsp3) is 0.357. The molecule has 106 valence electrons. The zero-order valence-corrected chi connectivity index (χ0v) is 11.1. The molecule has 0 fully saturated rings. The number of hydrogen-bond acceptors (Lipinski definition) is 4. The first-order valence-corrected chi connectivity index (χ1v) is 6.47. The number of rotatable bonds is 6. The molecule has 1 amide bonds. The topological polar surface area (TPSA) is 92.4 Å². The van der Waals surface area contributed by atoms with E-state index in [-0.39, 0.29) is 12.3 Å². The standard InChI is InChI=1S/C14H16N2O4/c1-2-5-10(14(18)19)15-13(17)8-11-9-6-3-4-7-12(9)20-16-11/h3-4,6-7,10H,2,5,8H2,1H3,(H,15,17)(H,18,19)/t10-/m1/s1. The summed E-state index contributed by atoms with van der Waals surface area (Å²) in [5.41, 5.74) is 1.12. The number of fused-ring (bicyclic) bond motifs is 1. The number of aliphatic carboxylic acids is 1. The lowest BCUT2D eigenvalue weighted by molar-refractivity contribution is -0.141. The first-order valence-electron chi connectivity index (χ1n) is 6.47. The molecule has 1 aromatic heterocycles. The van der Waals surface area contributed by atoms with Crippen molar-refractivity contribution >= 4 is 22.8 Å². The van der Waals surface area contributed by atoms with Gasteiger partial charge in [0.05, 0.1) is 6.42 Å². The van der Waals surface area contributed by atoms with E-state index >= 15 is 0 Å². The second-order valence-corrected chi connectivity index (χ2v) is 4.55. The van der Waals surface area contributed by atoms with Crippen LogP contribution in [0.4, 0.5) is 0 Å². The van der Waals surface area contributed by atoms with E-state index in [0.29, 0.717) is 24.1 Å². The van der Waals surface area contributed by atoms with Crippen LogP contribution in [0.3, 0.4) is 0 Å². The summed E-state index contributed by atoms with van der Waals surface area (Å²) < 4.78 is 5.10. The fourth-order valence-corrected chi connectivity index (χ4v) is 2.01. The molecule has 0 aliphatic heterocycles. The number of amides is 1. The van der Waals surface area contributed by atoms with Crippen LogP contribution in [0, 0.1) is 0 Å². The number of carbonyl (C=O) groups excluding carboxylic acids is 1. The van der Waals surface area contributed by atoms with E-state index in [1.54, 1.807) is 6.07 Å². The summed E-state index contributed by atoms with van der Waals surface area (Å²) in [5.74, 6) is -1.39. The first-order chi connectivity index (χ1) is 9.61. The van der Waals surface area contributed by atoms with Gasteiger partial charge in [-0.25, -0.2) is 4.79 Å². The minimum Gasteiger partial charge on any atom is -0.480 e. The number of hydrogen-bond donors (Lipinski definition) is 2. The highest BCUT2D eigenvalue weighted by Crippen LogP contribution is 2.18. The molecule has 0 spiro atoms. The predicted octanol–water partition coefficient (Wildman–Crippen LogP) is 1.74. The zero-order chi connectivity index (χ0) is 14.5. The monoisotopic (exact) mass is 276 g/mol. The summed E-state index contributed by atoms with van der Waals surface area (Å²) in [6.07, 6.45) is 1.09. The van der Waals surface area contributed by atoms with Gasteiger partial charge < -0.3 is 14.9 Å². The molecular formula is C14H16N2O4. The molecule has 0 aliphatic rings. The number of benzene rings is 1. The Kier molecular flexibility index (Phi) is 4.34. The van der Waals surface area contributed by atoms with Crippen LogP contribution >= 0.6 is 0 Å². The van der Waals surface area contributed by atoms with Gasteiger partial charge in [0.2, 0.25) is 5.91 Å². The molecule has 1 heterocycles. The Morgan fingerprint density at radius 1 is 1.40 bits per heavy atom. The van der Waals surface area contributed by atoms with E-state index in [1.807, 2.05) is 25.1 Å². The van der Waals surface area contributed by atoms with Crippen LogP contribution in [-0.4, -0.2) is 28.2 Å². The van der Waals surface area contributed by atoms with Gasteiger partial charge in [0.1, 0.15) is 11.7 Å². The van der Waals surface area contributed by atoms with Crippen LogP contribution in [0.5, 0.6) is 0 Å². The maximum absolute atomic E-state index is 11.9. The minimum atomic E-state index is -1.02. The van der Waals surface area contributed by atoms with Gasteiger partial charge in [-0.15, -0.1) is 0 Å². The summed E-state index contributed by atoms with van der Waals surface area (Å²) in [6.45, 7) is 1.87. The Bertz CT molecular complexity index is 620. The van der Waals surface area contributed by atoms with Gasteiger partial charge in [0.25, 0.3) is 0 Å². The van der Waals surface area contributed by atoms with E-state index in [4.69, 9.17) is 9.63 Å². The Morgan fingerprint density at radius 2 is 2.15 bits per heavy atom. The lowest BCUT2D eigenvalue weighted by atomic mass is 10.1. The van der Waals surface area contributed by atoms with Crippen LogP contribution in [0.15, 0.2) is 28.8 Å². The van der Waals surface area contributed by atoms with Crippen molar-refractivity contribution in [2.45, 2.75) is 32.2 Å². The lowest BCUT2D eigenvalue weighted by Crippen LogP contribution is -2.41. The molecule has 1 aromatic carbocycles. The van der Waals surface area contributed by atoms with E-state index < -0.39 is 12.0 Å². The molecule has 1 atom stereocenters. The van der Waals surface area contributed by atoms with Gasteiger partial charge in [-0.1, -0.05) is 30.6 Å². The van der Waals surface area contributed by atoms with Gasteiger partial charge >= 0.3 is 5.97 Å². The number of aromatic nitrogens is 1. The highest BCUT2D eigenvalue weighted by Gasteiger charge is 2.20. The van der Waals surface area contributed by atoms with Crippen molar-refractivity contribution in [1.82, 2.24) is 10.5 Å². The molecule has 6 heteroatoms. The smallest absolute Gasteiger partial charge is 0.326 e. The SMILES string of the molecule is CCC[C@@H](NC(=O)Cc1noc2ccccc12)C(=O)O. The van der Waals surface area contributed by atoms with Crippen molar-refractivity contribution in [2.75, 3.05) is 0 Å². The quantitative estimate of drug-likeness (QED) is 0.838. The third-order valence-corrected chi connectivity index (χ3v) is 2.99. The fourth-order valence-electron chi connectivity index (χ4n) is 2.01. The third-order valence-electron chi connectivity index (χ3n) is 2.99. The summed E-state index contributed by atoms with van der Waals surface area (Å²) in [4.78, 5) is 22.9. The maximum Gasteiger partial charge on any atom is 0.326 e. The van der Waals surface area contributed by atoms with Gasteiger partial charge in [0, 0.05) is 5.39 Å². The molecule has 20 heavy (non-hydrogen) atoms. The van der Waals surface area contributed by atoms with Gasteiger partial charge in [-0.3, -0.25) is 4.79 Å². The second-order valence-electron chi connectivity index (χ2n) is 4.55. The highest BCUT2D eigenvalue weighted by molar-refractivity contribution is 5.88. The second kappa shape index (κ2) is 6.18. The molecule has 2 N–H and O–H groups in total. The molecule has 0 unspecified atom stereocenters. The largest absolute Gasteiger partial charge is 0.480 e. The predicted molar refractivity (Wildman–Crippen MR) is 72.2 cm³/mol. The molecule has 0 aliphatic carbocycles. The number of nitrogens with one attached hydrogen (secondary N) is 1. The van der Waals surface area contributed by atoms with Gasteiger partial charge in [-0.2, -0.15) is 0 Å². The Balaban J connectivity index is 2.06. The number of carboxylic acids is 1. The number of nitrogens with zero attached hydrogens (tertiary/aromatic N) is 1. The molecule has 6 nitrogen and oxygen atoms in total. The van der Waals surface area contributed by atoms with Crippen LogP contribution in [-0.2, 0) is 16.0 Å². The van der Waals surface area contributed by atoms with E-state index in [0.717, 1.165) is 5.39 Å². The van der Waals surface area contributed by atoms with Crippen LogP contribution in [0.1, 0.15) is 25.5 Å². The molecule has 2 rings (SSSR count). The number of para-hydroxylation sites is 1. The van der Waals surface area contributed by atoms with Crippen LogP contribution in [0.2, 0.25) is 0 Å². The average molecular weight is 276 g/mol. The van der Waals surface area contributed by atoms with E-state index in [2.05, 4.69) is 10.5 Å². The molecular weight excluding hydrogens is 260 g/mol. The van der Waals surface area contributed by atoms with Crippen LogP contribution < -0.4 is 5.32 Å². The average Bonchev–Trinajstić information content (AvgIpc) is 2.81. The van der Waals surface area contributed by atoms with E-state index in [9.17, 15) is 9.59 Å². The normalized spacial score (nSPS) is 12.2. The first kappa shape index (κ1) is 14.0. The summed E-state index contributed by atoms with van der Waals surface area (Å²) in [5, 5.41) is 16.1. The maximum atomic E-state index is 11.9. The van der Waals surface area contributed by atoms with Gasteiger partial charge in [-0.05, 0) is 18.6 Å². The van der Waals surface area contributed by atoms with E-state index in [1.165, 1.54) is 0 Å². The van der Waals surface area contributed by atoms with Crippen molar-refractivity contribution in [1.29, 1.82) is 0 Å². The van der Waals surface area contributed by atoms with Crippen molar-refractivity contribution in [3.8, 4) is 0 Å². The van der Waals surface area contributed by atoms with Crippen molar-refractivity contribution in [3.63, 3.8) is 0 Å². The zero-order valence-electron chi connectivity index (χ0n) is 11.1. The molecule has 2 aromatic rings. The summed E-state index contributed by atoms with van der Waals surface area (Å²) in [7, 11) is 0. The summed E-state index contributed by atoms with van der Waals surface area (Å²) in [6, 6.07) is 6.37. The van der Waals surface area contributed by atoms with Gasteiger partial charge in [0.15, 0.2) is 5.58 Å². The van der Waals surface area contributed by atoms with Crippen molar-refractivity contribution < 1.29 is 19.2 Å². The van der Waals surface area contributed by atoms with Crippen molar-refractivity contribution in [2.24, 2.45) is 0 Å². The minimum absolute atomic E-state index is 0.00447. The molecule has 0 radical (unpaired) electrons. The highest BCUT2D eigenvalue weighted by atomic mass is 16.5. The third kappa shape index (κ3) is 3.14. The molecule has 0 saturated heterocycles. The number of carboxylic acid groups (broad SMARTS) is 1. The van der Waals surface area contributed by atoms with Crippen molar-refractivity contribution in [3.05, 3.63) is 30.0 Å². The Labute approximate surface area is 115 Å². The molecule has 0 bridgehead atoms.